The average molecular weight is 273 g/mol. The number of nitrogens with one attached hydrogen (secondary N) is 2. The molecule has 1 amide bonds. The predicted octanol–water partition coefficient (Wildman–Crippen LogP) is 1.25. The van der Waals surface area contributed by atoms with Gasteiger partial charge < -0.3 is 16.0 Å². The Morgan fingerprint density at radius 1 is 1.40 bits per heavy atom. The van der Waals surface area contributed by atoms with E-state index in [9.17, 15) is 4.79 Å². The highest BCUT2D eigenvalue weighted by Crippen LogP contribution is 2.10. The van der Waals surface area contributed by atoms with E-state index in [2.05, 4.69) is 32.5 Å². The monoisotopic (exact) mass is 273 g/mol. The van der Waals surface area contributed by atoms with E-state index in [-0.39, 0.29) is 5.91 Å². The maximum Gasteiger partial charge on any atom is 0.271 e. The molecular weight excluding hydrogens is 254 g/mol. The van der Waals surface area contributed by atoms with E-state index in [0.29, 0.717) is 17.9 Å². The Labute approximate surface area is 118 Å². The number of aromatic nitrogens is 2. The van der Waals surface area contributed by atoms with Crippen LogP contribution in [-0.4, -0.2) is 36.2 Å². The molecule has 0 bridgehead atoms. The van der Waals surface area contributed by atoms with Crippen LogP contribution in [0.4, 0.5) is 11.4 Å². The van der Waals surface area contributed by atoms with E-state index >= 15 is 0 Å². The highest BCUT2D eigenvalue weighted by atomic mass is 16.1. The number of anilines is 2. The molecule has 0 radical (unpaired) electrons. The summed E-state index contributed by atoms with van der Waals surface area (Å²) in [7, 11) is 2.03. The third-order valence-electron chi connectivity index (χ3n) is 3.05. The number of amides is 1. The molecule has 1 heterocycles. The van der Waals surface area contributed by atoms with Gasteiger partial charge in [0.1, 0.15) is 5.69 Å². The number of benzene rings is 1. The van der Waals surface area contributed by atoms with Crippen LogP contribution in [0.15, 0.2) is 36.5 Å². The fourth-order valence-electron chi connectivity index (χ4n) is 1.90. The number of H-pyrrole nitrogens is 1. The summed E-state index contributed by atoms with van der Waals surface area (Å²) in [5.74, 6) is -0.220. The fraction of sp³-hybridized carbons (Fsp3) is 0.286. The summed E-state index contributed by atoms with van der Waals surface area (Å²) < 4.78 is 0. The van der Waals surface area contributed by atoms with Crippen LogP contribution < -0.4 is 16.0 Å². The van der Waals surface area contributed by atoms with Gasteiger partial charge in [-0.25, -0.2) is 0 Å². The lowest BCUT2D eigenvalue weighted by molar-refractivity contribution is 0.0949. The van der Waals surface area contributed by atoms with E-state index in [1.165, 1.54) is 6.20 Å². The van der Waals surface area contributed by atoms with Gasteiger partial charge in [-0.3, -0.25) is 9.89 Å². The standard InChI is InChI=1S/C14H19N5O/c1-19(11-6-3-2-4-7-11)9-5-8-16-14(20)13-12(15)10-17-18-13/h2-4,6-7,10H,5,8-9,15H2,1H3,(H,16,20)(H,17,18). The molecule has 0 aliphatic carbocycles. The largest absolute Gasteiger partial charge is 0.396 e. The molecule has 0 aliphatic heterocycles. The first-order chi connectivity index (χ1) is 9.68. The van der Waals surface area contributed by atoms with Gasteiger partial charge in [-0.1, -0.05) is 18.2 Å². The molecule has 0 fully saturated rings. The predicted molar refractivity (Wildman–Crippen MR) is 79.7 cm³/mol. The van der Waals surface area contributed by atoms with Gasteiger partial charge in [0.05, 0.1) is 11.9 Å². The number of nitrogens with zero attached hydrogens (tertiary/aromatic N) is 2. The lowest BCUT2D eigenvalue weighted by Crippen LogP contribution is -2.28. The van der Waals surface area contributed by atoms with Crippen molar-refractivity contribution in [2.75, 3.05) is 30.8 Å². The van der Waals surface area contributed by atoms with E-state index in [1.54, 1.807) is 0 Å². The SMILES string of the molecule is CN(CCCNC(=O)c1[nH]ncc1N)c1ccccc1. The molecule has 0 saturated carbocycles. The number of rotatable bonds is 6. The van der Waals surface area contributed by atoms with Gasteiger partial charge in [-0.15, -0.1) is 0 Å². The summed E-state index contributed by atoms with van der Waals surface area (Å²) in [5, 5.41) is 9.12. The van der Waals surface area contributed by atoms with Crippen molar-refractivity contribution in [2.45, 2.75) is 6.42 Å². The van der Waals surface area contributed by atoms with E-state index < -0.39 is 0 Å². The second-order valence-electron chi connectivity index (χ2n) is 4.57. The van der Waals surface area contributed by atoms with Crippen LogP contribution in [0.5, 0.6) is 0 Å². The summed E-state index contributed by atoms with van der Waals surface area (Å²) >= 11 is 0. The molecule has 20 heavy (non-hydrogen) atoms. The first kappa shape index (κ1) is 13.9. The van der Waals surface area contributed by atoms with Crippen LogP contribution in [0.1, 0.15) is 16.9 Å². The molecule has 6 nitrogen and oxygen atoms in total. The zero-order chi connectivity index (χ0) is 14.4. The van der Waals surface area contributed by atoms with Gasteiger partial charge in [0, 0.05) is 25.8 Å². The Hall–Kier alpha value is -2.50. The summed E-state index contributed by atoms with van der Waals surface area (Å²) in [6, 6.07) is 10.1. The van der Waals surface area contributed by atoms with Crippen LogP contribution in [-0.2, 0) is 0 Å². The lowest BCUT2D eigenvalue weighted by Gasteiger charge is -2.19. The number of carbonyl (C=O) groups is 1. The Morgan fingerprint density at radius 2 is 2.15 bits per heavy atom. The molecule has 1 aromatic heterocycles. The van der Waals surface area contributed by atoms with Gasteiger partial charge in [-0.2, -0.15) is 5.10 Å². The van der Waals surface area contributed by atoms with E-state index in [0.717, 1.165) is 18.7 Å². The van der Waals surface area contributed by atoms with Crippen LogP contribution >= 0.6 is 0 Å². The third kappa shape index (κ3) is 3.50. The summed E-state index contributed by atoms with van der Waals surface area (Å²) in [4.78, 5) is 13.9. The van der Waals surface area contributed by atoms with Crippen LogP contribution in [0, 0.1) is 0 Å². The number of carbonyl (C=O) groups excluding carboxylic acids is 1. The zero-order valence-corrected chi connectivity index (χ0v) is 11.5. The quantitative estimate of drug-likeness (QED) is 0.691. The Bertz CT molecular complexity index is 552. The van der Waals surface area contributed by atoms with Crippen molar-refractivity contribution >= 4 is 17.3 Å². The number of para-hydroxylation sites is 1. The van der Waals surface area contributed by atoms with Crippen molar-refractivity contribution in [1.29, 1.82) is 0 Å². The summed E-state index contributed by atoms with van der Waals surface area (Å²) in [6.07, 6.45) is 2.28. The second kappa shape index (κ2) is 6.60. The van der Waals surface area contributed by atoms with E-state index in [1.807, 2.05) is 25.2 Å². The lowest BCUT2D eigenvalue weighted by atomic mass is 10.3. The van der Waals surface area contributed by atoms with Gasteiger partial charge in [-0.05, 0) is 18.6 Å². The molecule has 0 aliphatic rings. The zero-order valence-electron chi connectivity index (χ0n) is 11.5. The van der Waals surface area contributed by atoms with Gasteiger partial charge in [0.15, 0.2) is 0 Å². The second-order valence-corrected chi connectivity index (χ2v) is 4.57. The maximum absolute atomic E-state index is 11.8. The minimum Gasteiger partial charge on any atom is -0.396 e. The minimum absolute atomic E-state index is 0.220. The number of nitrogen functional groups attached to an aromatic ring is 1. The van der Waals surface area contributed by atoms with Gasteiger partial charge >= 0.3 is 0 Å². The molecule has 4 N–H and O–H groups in total. The molecule has 106 valence electrons. The molecule has 0 saturated heterocycles. The Morgan fingerprint density at radius 3 is 2.80 bits per heavy atom. The fourth-order valence-corrected chi connectivity index (χ4v) is 1.90. The molecule has 2 aromatic rings. The van der Waals surface area contributed by atoms with Crippen LogP contribution in [0.2, 0.25) is 0 Å². The Kier molecular flexibility index (Phi) is 4.60. The number of aromatic amines is 1. The number of hydrogen-bond donors (Lipinski definition) is 3. The number of nitrogens with two attached hydrogens (primary N) is 1. The van der Waals surface area contributed by atoms with Gasteiger partial charge in [0.25, 0.3) is 5.91 Å². The molecule has 0 spiro atoms. The highest BCUT2D eigenvalue weighted by Gasteiger charge is 2.10. The molecule has 0 unspecified atom stereocenters. The summed E-state index contributed by atoms with van der Waals surface area (Å²) in [5.41, 5.74) is 7.46. The smallest absolute Gasteiger partial charge is 0.271 e. The van der Waals surface area contributed by atoms with Crippen molar-refractivity contribution in [3.05, 3.63) is 42.2 Å². The first-order valence-electron chi connectivity index (χ1n) is 6.51. The first-order valence-corrected chi connectivity index (χ1v) is 6.51. The summed E-state index contributed by atoms with van der Waals surface area (Å²) in [6.45, 7) is 1.46. The highest BCUT2D eigenvalue weighted by molar-refractivity contribution is 5.96. The van der Waals surface area contributed by atoms with Crippen molar-refractivity contribution in [1.82, 2.24) is 15.5 Å². The van der Waals surface area contributed by atoms with Crippen LogP contribution in [0.3, 0.4) is 0 Å². The van der Waals surface area contributed by atoms with Crippen LogP contribution in [0.25, 0.3) is 0 Å². The minimum atomic E-state index is -0.220. The molecular formula is C14H19N5O. The average Bonchev–Trinajstić information content (AvgIpc) is 2.90. The topological polar surface area (TPSA) is 87.0 Å². The van der Waals surface area contributed by atoms with Gasteiger partial charge in [0.2, 0.25) is 0 Å². The number of hydrogen-bond acceptors (Lipinski definition) is 4. The molecule has 6 heteroatoms. The molecule has 1 aromatic carbocycles. The van der Waals surface area contributed by atoms with Crippen molar-refractivity contribution < 1.29 is 4.79 Å². The normalized spacial score (nSPS) is 10.2. The van der Waals surface area contributed by atoms with E-state index in [4.69, 9.17) is 5.73 Å². The van der Waals surface area contributed by atoms with Crippen molar-refractivity contribution in [2.24, 2.45) is 0 Å². The van der Waals surface area contributed by atoms with Crippen molar-refractivity contribution in [3.63, 3.8) is 0 Å². The van der Waals surface area contributed by atoms with Crippen molar-refractivity contribution in [3.8, 4) is 0 Å². The third-order valence-corrected chi connectivity index (χ3v) is 3.05. The molecule has 0 atom stereocenters. The molecule has 2 rings (SSSR count). The Balaban J connectivity index is 1.72. The maximum atomic E-state index is 11.8.